The van der Waals surface area contributed by atoms with E-state index in [9.17, 15) is 9.59 Å². The summed E-state index contributed by atoms with van der Waals surface area (Å²) in [6.07, 6.45) is -0.569. The van der Waals surface area contributed by atoms with E-state index < -0.39 is 21.7 Å². The van der Waals surface area contributed by atoms with Crippen molar-refractivity contribution < 1.29 is 14.3 Å². The van der Waals surface area contributed by atoms with Gasteiger partial charge in [-0.1, -0.05) is 95.5 Å². The minimum Gasteiger partial charge on any atom is -0.445 e. The number of halogens is 3. The van der Waals surface area contributed by atoms with Gasteiger partial charge in [-0.15, -0.1) is 0 Å². The van der Waals surface area contributed by atoms with Crippen LogP contribution in [0.1, 0.15) is 11.1 Å². The maximum atomic E-state index is 12.3. The second-order valence-corrected chi connectivity index (χ2v) is 7.59. The van der Waals surface area contributed by atoms with Gasteiger partial charge >= 0.3 is 6.09 Å². The fourth-order valence-electron chi connectivity index (χ4n) is 2.16. The third kappa shape index (κ3) is 6.58. The molecule has 0 unspecified atom stereocenters. The van der Waals surface area contributed by atoms with Crippen LogP contribution in [0.15, 0.2) is 60.7 Å². The molecule has 0 saturated heterocycles. The van der Waals surface area contributed by atoms with Crippen LogP contribution in [0.25, 0.3) is 0 Å². The molecule has 0 heterocycles. The van der Waals surface area contributed by atoms with Crippen LogP contribution in [0.4, 0.5) is 4.79 Å². The van der Waals surface area contributed by atoms with E-state index in [-0.39, 0.29) is 13.0 Å². The zero-order chi connectivity index (χ0) is 18.3. The summed E-state index contributed by atoms with van der Waals surface area (Å²) in [7, 11) is 0. The Hall–Kier alpha value is -1.75. The van der Waals surface area contributed by atoms with E-state index in [1.165, 1.54) is 0 Å². The number of carbonyl (C=O) groups excluding carboxylic acids is 2. The van der Waals surface area contributed by atoms with Crippen LogP contribution in [0.2, 0.25) is 0 Å². The summed E-state index contributed by atoms with van der Waals surface area (Å²) in [5.74, 6) is -0.724. The molecule has 1 atom stereocenters. The lowest BCUT2D eigenvalue weighted by molar-refractivity contribution is -0.120. The second kappa shape index (κ2) is 9.09. The van der Waals surface area contributed by atoms with Gasteiger partial charge in [0.05, 0.1) is 6.04 Å². The zero-order valence-electron chi connectivity index (χ0n) is 13.1. The summed E-state index contributed by atoms with van der Waals surface area (Å²) in [5.41, 5.74) is 1.64. The lowest BCUT2D eigenvalue weighted by Gasteiger charge is -2.21. The number of carbonyl (C=O) groups is 2. The molecule has 0 bridgehead atoms. The molecular weight excluding hydrogens is 385 g/mol. The van der Waals surface area contributed by atoms with Gasteiger partial charge < -0.3 is 10.1 Å². The molecule has 0 aliphatic carbocycles. The largest absolute Gasteiger partial charge is 0.445 e. The smallest absolute Gasteiger partial charge is 0.408 e. The minimum atomic E-state index is -2.13. The predicted molar refractivity (Wildman–Crippen MR) is 99.0 cm³/mol. The molecule has 2 aromatic carbocycles. The molecule has 0 spiro atoms. The van der Waals surface area contributed by atoms with Crippen LogP contribution >= 0.6 is 34.8 Å². The summed E-state index contributed by atoms with van der Waals surface area (Å²) in [6, 6.07) is 17.3. The summed E-state index contributed by atoms with van der Waals surface area (Å²) >= 11 is 17.1. The molecule has 25 heavy (non-hydrogen) atoms. The molecule has 0 saturated carbocycles. The van der Waals surface area contributed by atoms with Crippen molar-refractivity contribution in [1.29, 1.82) is 0 Å². The Morgan fingerprint density at radius 1 is 0.920 bits per heavy atom. The summed E-state index contributed by atoms with van der Waals surface area (Å²) in [4.78, 5) is 24.3. The Balaban J connectivity index is 2.02. The number of Topliss-reactive ketones (excluding diaryl/α,β-unsaturated/α-hetero) is 1. The molecule has 132 valence electrons. The van der Waals surface area contributed by atoms with Crippen LogP contribution in [0.3, 0.4) is 0 Å². The fraction of sp³-hybridized carbons (Fsp3) is 0.222. The maximum Gasteiger partial charge on any atom is 0.408 e. The van der Waals surface area contributed by atoms with Gasteiger partial charge in [0, 0.05) is 6.42 Å². The molecule has 7 heteroatoms. The molecule has 1 N–H and O–H groups in total. The average Bonchev–Trinajstić information content (AvgIpc) is 2.60. The number of nitrogens with one attached hydrogen (secondary N) is 1. The Kier molecular flexibility index (Phi) is 7.12. The van der Waals surface area contributed by atoms with Gasteiger partial charge in [0.2, 0.25) is 5.78 Å². The van der Waals surface area contributed by atoms with E-state index in [4.69, 9.17) is 39.5 Å². The number of hydrogen-bond acceptors (Lipinski definition) is 3. The van der Waals surface area contributed by atoms with Gasteiger partial charge in [0.1, 0.15) is 6.61 Å². The Morgan fingerprint density at radius 2 is 1.44 bits per heavy atom. The number of benzene rings is 2. The lowest BCUT2D eigenvalue weighted by Crippen LogP contribution is -2.47. The molecule has 0 aliphatic rings. The highest BCUT2D eigenvalue weighted by molar-refractivity contribution is 6.76. The van der Waals surface area contributed by atoms with Crippen LogP contribution in [-0.2, 0) is 22.6 Å². The van der Waals surface area contributed by atoms with Crippen LogP contribution in [0.5, 0.6) is 0 Å². The topological polar surface area (TPSA) is 55.4 Å². The van der Waals surface area contributed by atoms with E-state index in [0.717, 1.165) is 11.1 Å². The van der Waals surface area contributed by atoms with Crippen molar-refractivity contribution >= 4 is 46.7 Å². The van der Waals surface area contributed by atoms with Gasteiger partial charge in [-0.25, -0.2) is 4.79 Å². The van der Waals surface area contributed by atoms with Crippen LogP contribution in [0, 0.1) is 0 Å². The minimum absolute atomic E-state index is 0.0761. The van der Waals surface area contributed by atoms with E-state index in [0.29, 0.717) is 0 Å². The molecule has 2 rings (SSSR count). The summed E-state index contributed by atoms with van der Waals surface area (Å²) in [5, 5.41) is 2.48. The second-order valence-electron chi connectivity index (χ2n) is 5.31. The zero-order valence-corrected chi connectivity index (χ0v) is 15.4. The first-order chi connectivity index (χ1) is 11.9. The number of amides is 1. The van der Waals surface area contributed by atoms with Crippen molar-refractivity contribution in [3.8, 4) is 0 Å². The Bertz CT molecular complexity index is 703. The molecule has 2 aromatic rings. The predicted octanol–water partition coefficient (Wildman–Crippen LogP) is 4.46. The Labute approximate surface area is 161 Å². The van der Waals surface area contributed by atoms with Crippen molar-refractivity contribution in [3.63, 3.8) is 0 Å². The van der Waals surface area contributed by atoms with E-state index in [1.54, 1.807) is 0 Å². The molecule has 0 fully saturated rings. The highest BCUT2D eigenvalue weighted by Crippen LogP contribution is 2.29. The average molecular weight is 401 g/mol. The third-order valence-electron chi connectivity index (χ3n) is 3.38. The number of rotatable bonds is 6. The molecular formula is C18H16Cl3NO3. The highest BCUT2D eigenvalue weighted by atomic mass is 35.6. The lowest BCUT2D eigenvalue weighted by atomic mass is 10.0. The van der Waals surface area contributed by atoms with Gasteiger partial charge in [-0.05, 0) is 11.1 Å². The number of hydrogen-bond donors (Lipinski definition) is 1. The molecule has 0 aromatic heterocycles. The number of ether oxygens (including phenoxy) is 1. The Morgan fingerprint density at radius 3 is 1.96 bits per heavy atom. The van der Waals surface area contributed by atoms with Gasteiger partial charge in [-0.3, -0.25) is 4.79 Å². The third-order valence-corrected chi connectivity index (χ3v) is 3.94. The molecule has 0 aliphatic heterocycles. The standard InChI is InChI=1S/C18H16Cl3NO3/c19-18(20,21)16(23)15(11-13-7-3-1-4-8-13)22-17(24)25-12-14-9-5-2-6-10-14/h1-10,15H,11-12H2,(H,22,24)/t15-/m1/s1. The van der Waals surface area contributed by atoms with Gasteiger partial charge in [0.15, 0.2) is 0 Å². The van der Waals surface area contributed by atoms with Crippen molar-refractivity contribution in [2.24, 2.45) is 0 Å². The number of alkyl halides is 3. The van der Waals surface area contributed by atoms with Crippen molar-refractivity contribution in [2.45, 2.75) is 22.9 Å². The van der Waals surface area contributed by atoms with Crippen LogP contribution < -0.4 is 5.32 Å². The summed E-state index contributed by atoms with van der Waals surface area (Å²) in [6.45, 7) is 0.0761. The number of alkyl carbamates (subject to hydrolysis) is 1. The summed E-state index contributed by atoms with van der Waals surface area (Å²) < 4.78 is 2.99. The molecule has 1 amide bonds. The van der Waals surface area contributed by atoms with E-state index in [2.05, 4.69) is 5.32 Å². The van der Waals surface area contributed by atoms with Crippen molar-refractivity contribution in [3.05, 3.63) is 71.8 Å². The van der Waals surface area contributed by atoms with Crippen molar-refractivity contribution in [1.82, 2.24) is 5.32 Å². The first-order valence-electron chi connectivity index (χ1n) is 7.48. The highest BCUT2D eigenvalue weighted by Gasteiger charge is 2.37. The SMILES string of the molecule is O=C(N[C@H](Cc1ccccc1)C(=O)C(Cl)(Cl)Cl)OCc1ccccc1. The first-order valence-corrected chi connectivity index (χ1v) is 8.62. The van der Waals surface area contributed by atoms with Crippen molar-refractivity contribution in [2.75, 3.05) is 0 Å². The van der Waals surface area contributed by atoms with Gasteiger partial charge in [0.25, 0.3) is 3.79 Å². The van der Waals surface area contributed by atoms with E-state index in [1.807, 2.05) is 60.7 Å². The quantitative estimate of drug-likeness (QED) is 0.728. The van der Waals surface area contributed by atoms with Crippen LogP contribution in [-0.4, -0.2) is 21.7 Å². The van der Waals surface area contributed by atoms with E-state index >= 15 is 0 Å². The normalized spacial score (nSPS) is 12.3. The van der Waals surface area contributed by atoms with Gasteiger partial charge in [-0.2, -0.15) is 0 Å². The molecule has 0 radical (unpaired) electrons. The fourth-order valence-corrected chi connectivity index (χ4v) is 2.56. The maximum absolute atomic E-state index is 12.3. The molecule has 4 nitrogen and oxygen atoms in total. The first kappa shape index (κ1) is 19.6. The monoisotopic (exact) mass is 399 g/mol. The number of ketones is 1.